The van der Waals surface area contributed by atoms with Crippen molar-refractivity contribution in [2.24, 2.45) is 0 Å². The topological polar surface area (TPSA) is 120 Å². The van der Waals surface area contributed by atoms with Crippen molar-refractivity contribution in [3.8, 4) is 5.75 Å². The molecule has 5 N–H and O–H groups in total. The van der Waals surface area contributed by atoms with Gasteiger partial charge in [-0.25, -0.2) is 8.78 Å². The Hall–Kier alpha value is -1.85. The molecule has 0 aromatic heterocycles. The van der Waals surface area contributed by atoms with Crippen molar-refractivity contribution >= 4 is 11.6 Å². The molecular formula is C20H21ClF2O7. The molecule has 0 amide bonds. The number of aliphatic hydroxyl groups excluding tert-OH is 4. The Morgan fingerprint density at radius 1 is 1.10 bits per heavy atom. The van der Waals surface area contributed by atoms with Crippen LogP contribution in [0.4, 0.5) is 8.78 Å². The minimum Gasteiger partial charge on any atom is -0.491 e. The summed E-state index contributed by atoms with van der Waals surface area (Å²) in [7, 11) is 1.14. The molecule has 1 fully saturated rings. The van der Waals surface area contributed by atoms with Crippen LogP contribution in [0.3, 0.4) is 0 Å². The molecule has 10 heteroatoms. The number of methoxy groups -OCH3 is 1. The van der Waals surface area contributed by atoms with E-state index in [9.17, 15) is 34.3 Å². The van der Waals surface area contributed by atoms with Gasteiger partial charge in [-0.1, -0.05) is 17.7 Å². The van der Waals surface area contributed by atoms with E-state index >= 15 is 0 Å². The van der Waals surface area contributed by atoms with Crippen molar-refractivity contribution < 1.29 is 43.8 Å². The first kappa shape index (κ1) is 22.8. The average molecular weight is 447 g/mol. The molecule has 5 atom stereocenters. The lowest BCUT2D eigenvalue weighted by molar-refractivity contribution is -0.357. The van der Waals surface area contributed by atoms with Gasteiger partial charge in [-0.15, -0.1) is 0 Å². The first-order chi connectivity index (χ1) is 14.1. The Labute approximate surface area is 175 Å². The van der Waals surface area contributed by atoms with Crippen LogP contribution in [-0.4, -0.2) is 63.7 Å². The molecule has 7 nitrogen and oxygen atoms in total. The van der Waals surface area contributed by atoms with E-state index < -0.39 is 54.2 Å². The van der Waals surface area contributed by atoms with E-state index in [1.54, 1.807) is 0 Å². The zero-order chi connectivity index (χ0) is 22.2. The lowest BCUT2D eigenvalue weighted by Crippen LogP contribution is -2.63. The second kappa shape index (κ2) is 8.72. The maximum atomic E-state index is 14.0. The summed E-state index contributed by atoms with van der Waals surface area (Å²) in [6, 6.07) is 6.19. The number of hydrogen-bond acceptors (Lipinski definition) is 7. The van der Waals surface area contributed by atoms with Gasteiger partial charge in [0.2, 0.25) is 5.79 Å². The van der Waals surface area contributed by atoms with E-state index in [0.717, 1.165) is 19.2 Å². The Bertz CT molecular complexity index is 903. The zero-order valence-corrected chi connectivity index (χ0v) is 16.6. The molecule has 0 spiro atoms. The standard InChI is InChI=1S/C20H21ClF2O7/c1-29-18-13(22)5-9(6-14(18)23)4-10-7-11(2-3-12(10)21)20(28)19(27)17(26)16(25)15(8-24)30-20/h2-3,5-7,15-17,19,24-28H,4,8H2,1H3/t15-,16-,17+,19-,20+/m1/s1. The lowest BCUT2D eigenvalue weighted by Gasteiger charge is -2.45. The first-order valence-electron chi connectivity index (χ1n) is 8.98. The SMILES string of the molecule is COc1c(F)cc(Cc2cc([C@]3(O)O[C@H](CO)[C@@H](O)[C@H](O)[C@H]3O)ccc2Cl)cc1F. The third-order valence-corrected chi connectivity index (χ3v) is 5.45. The van der Waals surface area contributed by atoms with Crippen LogP contribution in [0, 0.1) is 11.6 Å². The second-order valence-electron chi connectivity index (χ2n) is 7.04. The minimum absolute atomic E-state index is 0.0340. The van der Waals surface area contributed by atoms with Crippen molar-refractivity contribution in [3.05, 3.63) is 63.7 Å². The van der Waals surface area contributed by atoms with E-state index in [-0.39, 0.29) is 22.6 Å². The van der Waals surface area contributed by atoms with Crippen LogP contribution < -0.4 is 4.74 Å². The normalized spacial score (nSPS) is 29.1. The number of hydrogen-bond donors (Lipinski definition) is 5. The Morgan fingerprint density at radius 3 is 2.30 bits per heavy atom. The number of benzene rings is 2. The molecule has 0 unspecified atom stereocenters. The first-order valence-corrected chi connectivity index (χ1v) is 9.36. The van der Waals surface area contributed by atoms with Crippen molar-refractivity contribution in [2.75, 3.05) is 13.7 Å². The summed E-state index contributed by atoms with van der Waals surface area (Å²) in [6.07, 6.45) is -6.77. The van der Waals surface area contributed by atoms with E-state index in [4.69, 9.17) is 16.3 Å². The van der Waals surface area contributed by atoms with Crippen LogP contribution in [0.1, 0.15) is 16.7 Å². The average Bonchev–Trinajstić information content (AvgIpc) is 2.70. The van der Waals surface area contributed by atoms with Gasteiger partial charge < -0.3 is 35.0 Å². The summed E-state index contributed by atoms with van der Waals surface area (Å²) < 4.78 is 37.9. The van der Waals surface area contributed by atoms with Gasteiger partial charge in [0.05, 0.1) is 13.7 Å². The van der Waals surface area contributed by atoms with Crippen LogP contribution in [0.15, 0.2) is 30.3 Å². The van der Waals surface area contributed by atoms with Gasteiger partial charge >= 0.3 is 0 Å². The molecule has 1 heterocycles. The maximum Gasteiger partial charge on any atom is 0.222 e. The molecule has 2 aromatic rings. The predicted molar refractivity (Wildman–Crippen MR) is 101 cm³/mol. The molecule has 1 saturated heterocycles. The Morgan fingerprint density at radius 2 is 1.73 bits per heavy atom. The quantitative estimate of drug-likeness (QED) is 0.461. The predicted octanol–water partition coefficient (Wildman–Crippen LogP) is 0.836. The fraction of sp³-hybridized carbons (Fsp3) is 0.400. The molecule has 2 aromatic carbocycles. The largest absolute Gasteiger partial charge is 0.491 e. The van der Waals surface area contributed by atoms with Gasteiger partial charge in [-0.2, -0.15) is 0 Å². The third-order valence-electron chi connectivity index (χ3n) is 5.08. The van der Waals surface area contributed by atoms with Gasteiger partial charge in [0.25, 0.3) is 0 Å². The van der Waals surface area contributed by atoms with Crippen molar-refractivity contribution in [2.45, 2.75) is 36.6 Å². The number of ether oxygens (including phenoxy) is 2. The Kier molecular flexibility index (Phi) is 6.63. The van der Waals surface area contributed by atoms with Crippen molar-refractivity contribution in [3.63, 3.8) is 0 Å². The highest BCUT2D eigenvalue weighted by atomic mass is 35.5. The Balaban J connectivity index is 1.97. The van der Waals surface area contributed by atoms with E-state index in [0.29, 0.717) is 5.56 Å². The summed E-state index contributed by atoms with van der Waals surface area (Å²) in [5.41, 5.74) is 0.530. The fourth-order valence-corrected chi connectivity index (χ4v) is 3.64. The van der Waals surface area contributed by atoms with Gasteiger partial charge in [-0.05, 0) is 41.8 Å². The second-order valence-corrected chi connectivity index (χ2v) is 7.44. The monoisotopic (exact) mass is 446 g/mol. The molecule has 30 heavy (non-hydrogen) atoms. The third kappa shape index (κ3) is 4.02. The van der Waals surface area contributed by atoms with E-state index in [1.807, 2.05) is 0 Å². The van der Waals surface area contributed by atoms with Crippen LogP contribution in [0.2, 0.25) is 5.02 Å². The van der Waals surface area contributed by atoms with Crippen LogP contribution in [-0.2, 0) is 16.9 Å². The summed E-state index contributed by atoms with van der Waals surface area (Å²) >= 11 is 6.19. The highest BCUT2D eigenvalue weighted by Gasteiger charge is 2.53. The van der Waals surface area contributed by atoms with Crippen LogP contribution in [0.5, 0.6) is 5.75 Å². The van der Waals surface area contributed by atoms with Gasteiger partial charge in [-0.3, -0.25) is 0 Å². The maximum absolute atomic E-state index is 14.0. The number of rotatable bonds is 5. The fourth-order valence-electron chi connectivity index (χ4n) is 3.45. The molecule has 0 bridgehead atoms. The summed E-state index contributed by atoms with van der Waals surface area (Å²) in [5.74, 6) is -4.78. The molecule has 1 aliphatic rings. The smallest absolute Gasteiger partial charge is 0.222 e. The molecule has 0 saturated carbocycles. The molecule has 3 rings (SSSR count). The van der Waals surface area contributed by atoms with Crippen LogP contribution in [0.25, 0.3) is 0 Å². The molecule has 1 aliphatic heterocycles. The van der Waals surface area contributed by atoms with E-state index in [2.05, 4.69) is 4.74 Å². The summed E-state index contributed by atoms with van der Waals surface area (Å²) in [4.78, 5) is 0. The number of halogens is 3. The van der Waals surface area contributed by atoms with Crippen molar-refractivity contribution in [1.29, 1.82) is 0 Å². The molecule has 164 valence electrons. The van der Waals surface area contributed by atoms with Gasteiger partial charge in [0, 0.05) is 10.6 Å². The lowest BCUT2D eigenvalue weighted by atomic mass is 9.87. The van der Waals surface area contributed by atoms with Gasteiger partial charge in [0.15, 0.2) is 17.4 Å². The molecule has 0 radical (unpaired) electrons. The summed E-state index contributed by atoms with van der Waals surface area (Å²) in [5, 5.41) is 50.7. The minimum atomic E-state index is -2.47. The molecule has 0 aliphatic carbocycles. The van der Waals surface area contributed by atoms with E-state index in [1.165, 1.54) is 18.2 Å². The van der Waals surface area contributed by atoms with Crippen LogP contribution >= 0.6 is 11.6 Å². The highest BCUT2D eigenvalue weighted by Crippen LogP contribution is 2.38. The van der Waals surface area contributed by atoms with Gasteiger partial charge in [0.1, 0.15) is 24.4 Å². The summed E-state index contributed by atoms with van der Waals surface area (Å²) in [6.45, 7) is -0.724. The number of aliphatic hydroxyl groups is 5. The highest BCUT2D eigenvalue weighted by molar-refractivity contribution is 6.31. The van der Waals surface area contributed by atoms with Crippen molar-refractivity contribution in [1.82, 2.24) is 0 Å². The zero-order valence-electron chi connectivity index (χ0n) is 15.8. The molecular weight excluding hydrogens is 426 g/mol.